The fourth-order valence-electron chi connectivity index (χ4n) is 1.71. The summed E-state index contributed by atoms with van der Waals surface area (Å²) in [6.07, 6.45) is 3.81. The van der Waals surface area contributed by atoms with Gasteiger partial charge in [-0.25, -0.2) is 0 Å². The highest BCUT2D eigenvalue weighted by molar-refractivity contribution is 7.98. The summed E-state index contributed by atoms with van der Waals surface area (Å²) in [4.78, 5) is 13.9. The number of rotatable bonds is 6. The zero-order valence-electron chi connectivity index (χ0n) is 11.5. The molecule has 0 aromatic carbocycles. The van der Waals surface area contributed by atoms with Gasteiger partial charge in [0.05, 0.1) is 11.4 Å². The number of thioether (sulfide) groups is 1. The van der Waals surface area contributed by atoms with Crippen LogP contribution in [-0.2, 0) is 6.42 Å². The fourth-order valence-corrected chi connectivity index (χ4v) is 2.42. The Balaban J connectivity index is 2.83. The Hall–Kier alpha value is -1.17. The van der Waals surface area contributed by atoms with Crippen molar-refractivity contribution < 1.29 is 4.79 Å². The number of hydrogen-bond acceptors (Lipinski definition) is 4. The number of nitrogens with zero attached hydrogens (tertiary/aromatic N) is 2. The Morgan fingerprint density at radius 1 is 1.61 bits per heavy atom. The van der Waals surface area contributed by atoms with E-state index in [1.807, 2.05) is 13.2 Å². The number of H-pyrrole nitrogens is 1. The van der Waals surface area contributed by atoms with Crippen LogP contribution in [0.2, 0.25) is 0 Å². The van der Waals surface area contributed by atoms with Crippen molar-refractivity contribution in [1.29, 1.82) is 0 Å². The first kappa shape index (κ1) is 14.9. The van der Waals surface area contributed by atoms with Gasteiger partial charge in [0.15, 0.2) is 5.69 Å². The van der Waals surface area contributed by atoms with Crippen molar-refractivity contribution in [2.45, 2.75) is 32.7 Å². The number of carbonyl (C=O) groups excluding carboxylic acids is 1. The highest BCUT2D eigenvalue weighted by atomic mass is 32.2. The smallest absolute Gasteiger partial charge is 0.276 e. The summed E-state index contributed by atoms with van der Waals surface area (Å²) >= 11 is 1.71. The monoisotopic (exact) mass is 270 g/mol. The Labute approximate surface area is 112 Å². The van der Waals surface area contributed by atoms with Gasteiger partial charge in [0.2, 0.25) is 0 Å². The van der Waals surface area contributed by atoms with Gasteiger partial charge in [-0.05, 0) is 19.6 Å². The van der Waals surface area contributed by atoms with E-state index in [0.29, 0.717) is 11.4 Å². The predicted octanol–water partition coefficient (Wildman–Crippen LogP) is 1.77. The summed E-state index contributed by atoms with van der Waals surface area (Å²) in [6.45, 7) is 4.08. The highest BCUT2D eigenvalue weighted by Gasteiger charge is 2.23. The minimum atomic E-state index is -0.118. The van der Waals surface area contributed by atoms with E-state index in [9.17, 15) is 4.79 Å². The van der Waals surface area contributed by atoms with Gasteiger partial charge < -0.3 is 10.6 Å². The second-order valence-electron chi connectivity index (χ2n) is 4.43. The lowest BCUT2D eigenvalue weighted by atomic mass is 10.2. The van der Waals surface area contributed by atoms with Crippen LogP contribution < -0.4 is 5.73 Å². The third kappa shape index (κ3) is 3.19. The molecule has 0 aliphatic carbocycles. The molecule has 0 aliphatic heterocycles. The number of hydrogen-bond donors (Lipinski definition) is 2. The van der Waals surface area contributed by atoms with Crippen molar-refractivity contribution in [3.8, 4) is 0 Å². The molecule has 1 amide bonds. The molecule has 0 radical (unpaired) electrons. The lowest BCUT2D eigenvalue weighted by Gasteiger charge is -2.23. The number of amides is 1. The normalized spacial score (nSPS) is 12.4. The van der Waals surface area contributed by atoms with E-state index in [2.05, 4.69) is 17.1 Å². The minimum Gasteiger partial charge on any atom is -0.395 e. The number of anilines is 1. The molecule has 1 aromatic rings. The summed E-state index contributed by atoms with van der Waals surface area (Å²) in [5.74, 6) is 0.779. The average Bonchev–Trinajstić information content (AvgIpc) is 2.70. The molecule has 0 spiro atoms. The number of nitrogens with one attached hydrogen (secondary N) is 1. The summed E-state index contributed by atoms with van der Waals surface area (Å²) in [6, 6.07) is 0.165. The number of aromatic nitrogens is 2. The van der Waals surface area contributed by atoms with E-state index in [0.717, 1.165) is 24.3 Å². The summed E-state index contributed by atoms with van der Waals surface area (Å²) in [5, 5.41) is 6.90. The molecule has 0 aliphatic rings. The predicted molar refractivity (Wildman–Crippen MR) is 76.9 cm³/mol. The lowest BCUT2D eigenvalue weighted by Crippen LogP contribution is -2.37. The molecule has 1 unspecified atom stereocenters. The van der Waals surface area contributed by atoms with Crippen LogP contribution in [0.1, 0.15) is 36.5 Å². The molecule has 6 heteroatoms. The number of nitrogens with two attached hydrogens (primary N) is 1. The minimum absolute atomic E-state index is 0.118. The summed E-state index contributed by atoms with van der Waals surface area (Å²) < 4.78 is 0. The van der Waals surface area contributed by atoms with Crippen LogP contribution in [0.4, 0.5) is 5.69 Å². The number of aromatic amines is 1. The molecular weight excluding hydrogens is 248 g/mol. The fraction of sp³-hybridized carbons (Fsp3) is 0.667. The van der Waals surface area contributed by atoms with Crippen LogP contribution in [0, 0.1) is 0 Å². The van der Waals surface area contributed by atoms with Crippen molar-refractivity contribution in [1.82, 2.24) is 15.1 Å². The largest absolute Gasteiger partial charge is 0.395 e. The second kappa shape index (κ2) is 6.68. The van der Waals surface area contributed by atoms with Gasteiger partial charge in [-0.3, -0.25) is 9.89 Å². The average molecular weight is 270 g/mol. The molecular formula is C12H22N4OS. The zero-order chi connectivity index (χ0) is 13.7. The molecule has 1 aromatic heterocycles. The van der Waals surface area contributed by atoms with Crippen LogP contribution in [0.15, 0.2) is 0 Å². The highest BCUT2D eigenvalue weighted by Crippen LogP contribution is 2.18. The van der Waals surface area contributed by atoms with Crippen molar-refractivity contribution >= 4 is 23.4 Å². The van der Waals surface area contributed by atoms with Gasteiger partial charge in [0, 0.05) is 18.8 Å². The third-order valence-corrected chi connectivity index (χ3v) is 3.79. The number of nitrogen functional groups attached to an aromatic ring is 1. The molecule has 1 rings (SSSR count). The molecule has 0 bridgehead atoms. The van der Waals surface area contributed by atoms with E-state index < -0.39 is 0 Å². The van der Waals surface area contributed by atoms with Crippen molar-refractivity contribution in [3.05, 3.63) is 11.4 Å². The molecule has 1 heterocycles. The van der Waals surface area contributed by atoms with Gasteiger partial charge in [-0.1, -0.05) is 13.3 Å². The van der Waals surface area contributed by atoms with Crippen molar-refractivity contribution in [3.63, 3.8) is 0 Å². The van der Waals surface area contributed by atoms with E-state index in [4.69, 9.17) is 5.73 Å². The van der Waals surface area contributed by atoms with Crippen molar-refractivity contribution in [2.24, 2.45) is 0 Å². The molecule has 5 nitrogen and oxygen atoms in total. The molecule has 0 saturated carbocycles. The van der Waals surface area contributed by atoms with Crippen LogP contribution in [0.25, 0.3) is 0 Å². The SMILES string of the molecule is CCCc1[nH]nc(C(=O)N(C)C(C)CSC)c1N. The first-order valence-corrected chi connectivity index (χ1v) is 7.51. The van der Waals surface area contributed by atoms with Crippen LogP contribution >= 0.6 is 11.8 Å². The maximum absolute atomic E-state index is 12.3. The molecule has 18 heavy (non-hydrogen) atoms. The van der Waals surface area contributed by atoms with Gasteiger partial charge in [-0.2, -0.15) is 16.9 Å². The molecule has 0 saturated heterocycles. The Bertz CT molecular complexity index is 405. The van der Waals surface area contributed by atoms with Gasteiger partial charge in [0.1, 0.15) is 0 Å². The Kier molecular flexibility index (Phi) is 5.53. The number of aryl methyl sites for hydroxylation is 1. The standard InChI is InChI=1S/C12H22N4OS/c1-5-6-9-10(13)11(15-14-9)12(17)16(3)8(2)7-18-4/h8H,5-7,13H2,1-4H3,(H,14,15). The lowest BCUT2D eigenvalue weighted by molar-refractivity contribution is 0.0752. The maximum atomic E-state index is 12.3. The van der Waals surface area contributed by atoms with Gasteiger partial charge in [-0.15, -0.1) is 0 Å². The van der Waals surface area contributed by atoms with E-state index >= 15 is 0 Å². The van der Waals surface area contributed by atoms with E-state index in [1.165, 1.54) is 0 Å². The molecule has 0 fully saturated rings. The van der Waals surface area contributed by atoms with Gasteiger partial charge >= 0.3 is 0 Å². The Morgan fingerprint density at radius 2 is 2.28 bits per heavy atom. The van der Waals surface area contributed by atoms with E-state index in [1.54, 1.807) is 23.7 Å². The molecule has 102 valence electrons. The molecule has 1 atom stereocenters. The topological polar surface area (TPSA) is 75.0 Å². The Morgan fingerprint density at radius 3 is 2.83 bits per heavy atom. The number of carbonyl (C=O) groups is 1. The third-order valence-electron chi connectivity index (χ3n) is 2.97. The van der Waals surface area contributed by atoms with E-state index in [-0.39, 0.29) is 11.9 Å². The first-order valence-electron chi connectivity index (χ1n) is 6.11. The molecule has 3 N–H and O–H groups in total. The van der Waals surface area contributed by atoms with Crippen LogP contribution in [0.5, 0.6) is 0 Å². The quantitative estimate of drug-likeness (QED) is 0.826. The zero-order valence-corrected chi connectivity index (χ0v) is 12.3. The second-order valence-corrected chi connectivity index (χ2v) is 5.35. The summed E-state index contributed by atoms with van der Waals surface area (Å²) in [7, 11) is 1.79. The van der Waals surface area contributed by atoms with Crippen LogP contribution in [-0.4, -0.2) is 46.1 Å². The summed E-state index contributed by atoms with van der Waals surface area (Å²) in [5.41, 5.74) is 7.64. The first-order chi connectivity index (χ1) is 8.52. The van der Waals surface area contributed by atoms with Gasteiger partial charge in [0.25, 0.3) is 5.91 Å². The van der Waals surface area contributed by atoms with Crippen molar-refractivity contribution in [2.75, 3.05) is 24.8 Å². The maximum Gasteiger partial charge on any atom is 0.276 e. The van der Waals surface area contributed by atoms with Crippen LogP contribution in [0.3, 0.4) is 0 Å².